The van der Waals surface area contributed by atoms with Crippen molar-refractivity contribution in [3.63, 3.8) is 0 Å². The van der Waals surface area contributed by atoms with Gasteiger partial charge in [0.25, 0.3) is 5.91 Å². The summed E-state index contributed by atoms with van der Waals surface area (Å²) in [6.07, 6.45) is 1.35. The van der Waals surface area contributed by atoms with Crippen LogP contribution in [-0.2, 0) is 9.63 Å². The molecule has 0 radical (unpaired) electrons. The molecule has 0 spiro atoms. The minimum absolute atomic E-state index is 0.221. The molecule has 2 aromatic rings. The van der Waals surface area contributed by atoms with Crippen LogP contribution in [0.2, 0.25) is 0 Å². The van der Waals surface area contributed by atoms with Crippen LogP contribution in [0.4, 0.5) is 10.1 Å². The van der Waals surface area contributed by atoms with E-state index < -0.39 is 0 Å². The number of carbonyl (C=O) groups is 1. The maximum atomic E-state index is 12.9. The van der Waals surface area contributed by atoms with Crippen molar-refractivity contribution in [2.75, 3.05) is 11.9 Å². The quantitative estimate of drug-likeness (QED) is 0.646. The van der Waals surface area contributed by atoms with Crippen molar-refractivity contribution in [3.05, 3.63) is 63.9 Å². The van der Waals surface area contributed by atoms with E-state index in [1.54, 1.807) is 18.2 Å². The molecule has 0 heterocycles. The van der Waals surface area contributed by atoms with E-state index in [1.165, 1.54) is 18.3 Å². The zero-order valence-electron chi connectivity index (χ0n) is 11.8. The number of rotatable bonds is 5. The highest BCUT2D eigenvalue weighted by atomic mass is 79.9. The van der Waals surface area contributed by atoms with E-state index in [0.717, 1.165) is 10.0 Å². The third-order valence-corrected chi connectivity index (χ3v) is 3.65. The minimum Gasteiger partial charge on any atom is -0.386 e. The van der Waals surface area contributed by atoms with Crippen molar-refractivity contribution in [2.24, 2.45) is 5.16 Å². The molecule has 114 valence electrons. The molecule has 0 aliphatic heterocycles. The Balaban J connectivity index is 1.81. The van der Waals surface area contributed by atoms with Gasteiger partial charge in [-0.2, -0.15) is 0 Å². The monoisotopic (exact) mass is 364 g/mol. The van der Waals surface area contributed by atoms with Crippen LogP contribution in [0.5, 0.6) is 0 Å². The van der Waals surface area contributed by atoms with Gasteiger partial charge in [0.2, 0.25) is 0 Å². The van der Waals surface area contributed by atoms with Gasteiger partial charge in [-0.3, -0.25) is 4.79 Å². The fourth-order valence-corrected chi connectivity index (χ4v) is 1.95. The first-order chi connectivity index (χ1) is 10.5. The van der Waals surface area contributed by atoms with Crippen LogP contribution in [0.25, 0.3) is 0 Å². The molecule has 0 fully saturated rings. The first kappa shape index (κ1) is 16.2. The Morgan fingerprint density at radius 2 is 2.18 bits per heavy atom. The van der Waals surface area contributed by atoms with Gasteiger partial charge >= 0.3 is 0 Å². The Morgan fingerprint density at radius 1 is 1.36 bits per heavy atom. The molecule has 4 nitrogen and oxygen atoms in total. The fraction of sp³-hybridized carbons (Fsp3) is 0.125. The normalized spacial score (nSPS) is 10.7. The van der Waals surface area contributed by atoms with E-state index in [1.807, 2.05) is 19.1 Å². The number of hydrogen-bond acceptors (Lipinski definition) is 3. The van der Waals surface area contributed by atoms with Crippen molar-refractivity contribution in [3.8, 4) is 0 Å². The molecular formula is C16H14BrFN2O2. The SMILES string of the molecule is Cc1cc(NC(=O)CO/N=C\c2cccc(F)c2)ccc1Br. The highest BCUT2D eigenvalue weighted by Crippen LogP contribution is 2.19. The van der Waals surface area contributed by atoms with Gasteiger partial charge in [0.15, 0.2) is 6.61 Å². The van der Waals surface area contributed by atoms with E-state index in [4.69, 9.17) is 4.84 Å². The van der Waals surface area contributed by atoms with Crippen LogP contribution < -0.4 is 5.32 Å². The molecule has 0 unspecified atom stereocenters. The van der Waals surface area contributed by atoms with Crippen molar-refractivity contribution < 1.29 is 14.0 Å². The van der Waals surface area contributed by atoms with E-state index in [9.17, 15) is 9.18 Å². The third-order valence-electron chi connectivity index (χ3n) is 2.76. The predicted octanol–water partition coefficient (Wildman–Crippen LogP) is 3.89. The van der Waals surface area contributed by atoms with Crippen molar-refractivity contribution in [1.82, 2.24) is 0 Å². The summed E-state index contributed by atoms with van der Waals surface area (Å²) >= 11 is 3.39. The number of oxime groups is 1. The van der Waals surface area contributed by atoms with E-state index in [0.29, 0.717) is 11.3 Å². The average molecular weight is 365 g/mol. The number of nitrogens with one attached hydrogen (secondary N) is 1. The molecule has 1 N–H and O–H groups in total. The molecule has 0 aromatic heterocycles. The summed E-state index contributed by atoms with van der Waals surface area (Å²) in [6, 6.07) is 11.4. The summed E-state index contributed by atoms with van der Waals surface area (Å²) in [5, 5.41) is 6.34. The van der Waals surface area contributed by atoms with Crippen LogP contribution in [0, 0.1) is 12.7 Å². The molecular weight excluding hydrogens is 351 g/mol. The highest BCUT2D eigenvalue weighted by Gasteiger charge is 2.04. The largest absolute Gasteiger partial charge is 0.386 e. The lowest BCUT2D eigenvalue weighted by Crippen LogP contribution is -2.17. The molecule has 0 aliphatic carbocycles. The fourth-order valence-electron chi connectivity index (χ4n) is 1.70. The number of benzene rings is 2. The lowest BCUT2D eigenvalue weighted by molar-refractivity contribution is -0.120. The molecule has 2 rings (SSSR count). The third kappa shape index (κ3) is 4.96. The second-order valence-electron chi connectivity index (χ2n) is 4.58. The molecule has 2 aromatic carbocycles. The standard InChI is InChI=1S/C16H14BrFN2O2/c1-11-7-14(5-6-15(11)17)20-16(21)10-22-19-9-12-3-2-4-13(18)8-12/h2-9H,10H2,1H3,(H,20,21)/b19-9-. The molecule has 0 saturated carbocycles. The van der Waals surface area contributed by atoms with Crippen molar-refractivity contribution in [1.29, 1.82) is 0 Å². The van der Waals surface area contributed by atoms with Crippen LogP contribution in [-0.4, -0.2) is 18.7 Å². The van der Waals surface area contributed by atoms with Crippen LogP contribution in [0.3, 0.4) is 0 Å². The first-order valence-electron chi connectivity index (χ1n) is 6.51. The summed E-state index contributed by atoms with van der Waals surface area (Å²) in [4.78, 5) is 16.6. The van der Waals surface area contributed by atoms with Gasteiger partial charge in [-0.25, -0.2) is 4.39 Å². The number of hydrogen-bond donors (Lipinski definition) is 1. The van der Waals surface area contributed by atoms with Crippen LogP contribution in [0.1, 0.15) is 11.1 Å². The molecule has 0 atom stereocenters. The van der Waals surface area contributed by atoms with Gasteiger partial charge in [-0.1, -0.05) is 33.2 Å². The molecule has 0 bridgehead atoms. The molecule has 0 saturated heterocycles. The number of carbonyl (C=O) groups excluding carboxylic acids is 1. The minimum atomic E-state index is -0.354. The topological polar surface area (TPSA) is 50.7 Å². The Bertz CT molecular complexity index is 704. The summed E-state index contributed by atoms with van der Waals surface area (Å²) in [7, 11) is 0. The number of halogens is 2. The first-order valence-corrected chi connectivity index (χ1v) is 7.31. The maximum absolute atomic E-state index is 12.9. The summed E-state index contributed by atoms with van der Waals surface area (Å²) in [5.74, 6) is -0.676. The second kappa shape index (κ2) is 7.70. The van der Waals surface area contributed by atoms with Crippen molar-refractivity contribution in [2.45, 2.75) is 6.92 Å². The molecule has 1 amide bonds. The van der Waals surface area contributed by atoms with Crippen LogP contribution >= 0.6 is 15.9 Å². The summed E-state index contributed by atoms with van der Waals surface area (Å²) in [5.41, 5.74) is 2.26. The smallest absolute Gasteiger partial charge is 0.265 e. The molecule has 6 heteroatoms. The van der Waals surface area contributed by atoms with E-state index >= 15 is 0 Å². The van der Waals surface area contributed by atoms with Gasteiger partial charge < -0.3 is 10.2 Å². The average Bonchev–Trinajstić information content (AvgIpc) is 2.48. The van der Waals surface area contributed by atoms with Crippen LogP contribution in [0.15, 0.2) is 52.1 Å². The van der Waals surface area contributed by atoms with Gasteiger partial charge in [0, 0.05) is 10.2 Å². The number of anilines is 1. The van der Waals surface area contributed by atoms with E-state index in [-0.39, 0.29) is 18.3 Å². The summed E-state index contributed by atoms with van der Waals surface area (Å²) in [6.45, 7) is 1.71. The Hall–Kier alpha value is -2.21. The number of nitrogens with zero attached hydrogens (tertiary/aromatic N) is 1. The Labute approximate surface area is 136 Å². The highest BCUT2D eigenvalue weighted by molar-refractivity contribution is 9.10. The van der Waals surface area contributed by atoms with Gasteiger partial charge in [-0.15, -0.1) is 0 Å². The Morgan fingerprint density at radius 3 is 2.91 bits per heavy atom. The van der Waals surface area contributed by atoms with E-state index in [2.05, 4.69) is 26.4 Å². The van der Waals surface area contributed by atoms with Gasteiger partial charge in [-0.05, 0) is 48.4 Å². The van der Waals surface area contributed by atoms with Crippen molar-refractivity contribution >= 4 is 33.7 Å². The molecule has 0 aliphatic rings. The second-order valence-corrected chi connectivity index (χ2v) is 5.43. The number of amides is 1. The van der Waals surface area contributed by atoms with Gasteiger partial charge in [0.05, 0.1) is 6.21 Å². The predicted molar refractivity (Wildman–Crippen MR) is 87.5 cm³/mol. The Kier molecular flexibility index (Phi) is 5.66. The maximum Gasteiger partial charge on any atom is 0.265 e. The lowest BCUT2D eigenvalue weighted by Gasteiger charge is -2.06. The lowest BCUT2D eigenvalue weighted by atomic mass is 10.2. The van der Waals surface area contributed by atoms with Gasteiger partial charge in [0.1, 0.15) is 5.82 Å². The molecule has 22 heavy (non-hydrogen) atoms. The summed E-state index contributed by atoms with van der Waals surface area (Å²) < 4.78 is 13.9. The number of aryl methyl sites for hydroxylation is 1. The zero-order valence-corrected chi connectivity index (χ0v) is 13.4. The zero-order chi connectivity index (χ0) is 15.9.